The largest absolute Gasteiger partial charge is 0.397 e. The lowest BCUT2D eigenvalue weighted by Crippen LogP contribution is -2.14. The van der Waals surface area contributed by atoms with Gasteiger partial charge in [-0.15, -0.1) is 0 Å². The first kappa shape index (κ1) is 13.8. The fourth-order valence-corrected chi connectivity index (χ4v) is 3.23. The smallest absolute Gasteiger partial charge is 0.263 e. The number of nitrogens with two attached hydrogens (primary N) is 1. The fourth-order valence-electron chi connectivity index (χ4n) is 1.50. The van der Waals surface area contributed by atoms with Crippen molar-refractivity contribution in [2.24, 2.45) is 0 Å². The molecule has 2 aromatic rings. The molecule has 7 heteroatoms. The van der Waals surface area contributed by atoms with Crippen molar-refractivity contribution in [2.75, 3.05) is 10.5 Å². The second kappa shape index (κ2) is 5.18. The summed E-state index contributed by atoms with van der Waals surface area (Å²) in [5.41, 5.74) is 6.87. The molecular weight excluding hydrogens is 330 g/mol. The molecule has 1 aromatic carbocycles. The molecule has 0 amide bonds. The summed E-state index contributed by atoms with van der Waals surface area (Å²) >= 11 is 3.22. The van der Waals surface area contributed by atoms with Crippen molar-refractivity contribution in [2.45, 2.75) is 11.8 Å². The normalized spacial score (nSPS) is 11.3. The number of anilines is 2. The molecule has 0 aliphatic heterocycles. The number of halogens is 1. The number of nitrogens with one attached hydrogen (secondary N) is 1. The number of aryl methyl sites for hydroxylation is 1. The van der Waals surface area contributed by atoms with Crippen LogP contribution < -0.4 is 10.5 Å². The molecule has 100 valence electrons. The van der Waals surface area contributed by atoms with E-state index < -0.39 is 10.0 Å². The minimum Gasteiger partial charge on any atom is -0.397 e. The van der Waals surface area contributed by atoms with Crippen LogP contribution in [0, 0.1) is 6.92 Å². The summed E-state index contributed by atoms with van der Waals surface area (Å²) in [6.45, 7) is 1.83. The third kappa shape index (κ3) is 3.24. The lowest BCUT2D eigenvalue weighted by Gasteiger charge is -2.09. The van der Waals surface area contributed by atoms with E-state index in [4.69, 9.17) is 5.73 Å². The molecule has 0 aliphatic rings. The van der Waals surface area contributed by atoms with Gasteiger partial charge in [0.2, 0.25) is 0 Å². The van der Waals surface area contributed by atoms with E-state index in [9.17, 15) is 8.42 Å². The highest BCUT2D eigenvalue weighted by Gasteiger charge is 2.16. The van der Waals surface area contributed by atoms with Crippen molar-refractivity contribution in [3.63, 3.8) is 0 Å². The molecule has 0 radical (unpaired) electrons. The summed E-state index contributed by atoms with van der Waals surface area (Å²) in [6, 6.07) is 8.22. The zero-order chi connectivity index (χ0) is 14.0. The number of nitrogens with zero attached hydrogens (tertiary/aromatic N) is 1. The summed E-state index contributed by atoms with van der Waals surface area (Å²) in [6.07, 6.45) is 1.39. The molecule has 19 heavy (non-hydrogen) atoms. The van der Waals surface area contributed by atoms with Crippen molar-refractivity contribution in [1.29, 1.82) is 0 Å². The molecule has 0 bridgehead atoms. The van der Waals surface area contributed by atoms with Crippen molar-refractivity contribution in [3.8, 4) is 0 Å². The van der Waals surface area contributed by atoms with Crippen LogP contribution in [0.3, 0.4) is 0 Å². The lowest BCUT2D eigenvalue weighted by molar-refractivity contribution is 0.601. The predicted octanol–water partition coefficient (Wildman–Crippen LogP) is 2.54. The Labute approximate surface area is 120 Å². The molecule has 0 unspecified atom stereocenters. The van der Waals surface area contributed by atoms with E-state index in [0.29, 0.717) is 10.2 Å². The van der Waals surface area contributed by atoms with Gasteiger partial charge in [0.1, 0.15) is 0 Å². The molecule has 3 N–H and O–H groups in total. The van der Waals surface area contributed by atoms with Crippen LogP contribution in [0.15, 0.2) is 45.9 Å². The minimum atomic E-state index is -3.65. The SMILES string of the molecule is Cc1cccc(S(=O)(=O)Nc2ncc(N)cc2Br)c1. The van der Waals surface area contributed by atoms with Crippen LogP contribution in [0.2, 0.25) is 0 Å². The van der Waals surface area contributed by atoms with Crippen LogP contribution in [0.5, 0.6) is 0 Å². The van der Waals surface area contributed by atoms with Crippen LogP contribution in [-0.2, 0) is 10.0 Å². The summed E-state index contributed by atoms with van der Waals surface area (Å²) in [5, 5.41) is 0. The number of pyridine rings is 1. The highest BCUT2D eigenvalue weighted by Crippen LogP contribution is 2.24. The Kier molecular flexibility index (Phi) is 3.77. The van der Waals surface area contributed by atoms with Gasteiger partial charge in [-0.3, -0.25) is 4.72 Å². The molecular formula is C12H12BrN3O2S. The van der Waals surface area contributed by atoms with E-state index in [0.717, 1.165) is 5.56 Å². The van der Waals surface area contributed by atoms with Gasteiger partial charge in [0, 0.05) is 0 Å². The Bertz CT molecular complexity index is 717. The van der Waals surface area contributed by atoms with Crippen LogP contribution in [0.25, 0.3) is 0 Å². The van der Waals surface area contributed by atoms with Gasteiger partial charge in [-0.1, -0.05) is 12.1 Å². The highest BCUT2D eigenvalue weighted by atomic mass is 79.9. The van der Waals surface area contributed by atoms with E-state index in [2.05, 4.69) is 25.6 Å². The van der Waals surface area contributed by atoms with Gasteiger partial charge in [-0.25, -0.2) is 13.4 Å². The van der Waals surface area contributed by atoms with E-state index >= 15 is 0 Å². The van der Waals surface area contributed by atoms with Gasteiger partial charge in [0.05, 0.1) is 21.3 Å². The number of hydrogen-bond donors (Lipinski definition) is 2. The highest BCUT2D eigenvalue weighted by molar-refractivity contribution is 9.10. The van der Waals surface area contributed by atoms with Crippen LogP contribution >= 0.6 is 15.9 Å². The number of benzene rings is 1. The molecule has 0 spiro atoms. The number of hydrogen-bond acceptors (Lipinski definition) is 4. The average Bonchev–Trinajstić information content (AvgIpc) is 2.33. The monoisotopic (exact) mass is 341 g/mol. The Morgan fingerprint density at radius 3 is 2.68 bits per heavy atom. The van der Waals surface area contributed by atoms with Crippen LogP contribution in [-0.4, -0.2) is 13.4 Å². The number of sulfonamides is 1. The Morgan fingerprint density at radius 1 is 1.32 bits per heavy atom. The van der Waals surface area contributed by atoms with Gasteiger partial charge in [0.25, 0.3) is 10.0 Å². The maximum atomic E-state index is 12.2. The minimum absolute atomic E-state index is 0.193. The maximum absolute atomic E-state index is 12.2. The average molecular weight is 342 g/mol. The molecule has 0 saturated carbocycles. The Hall–Kier alpha value is -1.60. The van der Waals surface area contributed by atoms with E-state index in [-0.39, 0.29) is 10.7 Å². The van der Waals surface area contributed by atoms with Crippen LogP contribution in [0.1, 0.15) is 5.56 Å². The van der Waals surface area contributed by atoms with Crippen molar-refractivity contribution in [1.82, 2.24) is 4.98 Å². The first-order valence-corrected chi connectivity index (χ1v) is 7.66. The van der Waals surface area contributed by atoms with E-state index in [1.165, 1.54) is 12.3 Å². The third-order valence-corrected chi connectivity index (χ3v) is 4.33. The molecule has 0 aliphatic carbocycles. The van der Waals surface area contributed by atoms with Gasteiger partial charge < -0.3 is 5.73 Å². The molecule has 2 rings (SSSR count). The number of rotatable bonds is 3. The second-order valence-corrected chi connectivity index (χ2v) is 6.56. The quantitative estimate of drug-likeness (QED) is 0.898. The molecule has 5 nitrogen and oxygen atoms in total. The Morgan fingerprint density at radius 2 is 2.05 bits per heavy atom. The van der Waals surface area contributed by atoms with E-state index in [1.54, 1.807) is 18.2 Å². The second-order valence-electron chi connectivity index (χ2n) is 4.02. The first-order valence-electron chi connectivity index (χ1n) is 5.39. The standard InChI is InChI=1S/C12H12BrN3O2S/c1-8-3-2-4-10(5-8)19(17,18)16-12-11(13)6-9(14)7-15-12/h2-7H,14H2,1H3,(H,15,16). The molecule has 1 aromatic heterocycles. The summed E-state index contributed by atoms with van der Waals surface area (Å²) < 4.78 is 27.3. The molecule has 0 fully saturated rings. The topological polar surface area (TPSA) is 85.1 Å². The molecule has 0 saturated heterocycles. The van der Waals surface area contributed by atoms with Crippen molar-refractivity contribution >= 4 is 37.5 Å². The summed E-state index contributed by atoms with van der Waals surface area (Å²) in [7, 11) is -3.65. The zero-order valence-corrected chi connectivity index (χ0v) is 12.5. The summed E-state index contributed by atoms with van der Waals surface area (Å²) in [5.74, 6) is 0.204. The van der Waals surface area contributed by atoms with Gasteiger partial charge in [0.15, 0.2) is 5.82 Å². The zero-order valence-electron chi connectivity index (χ0n) is 10.1. The van der Waals surface area contributed by atoms with Gasteiger partial charge in [-0.05, 0) is 46.6 Å². The maximum Gasteiger partial charge on any atom is 0.263 e. The molecule has 1 heterocycles. The molecule has 0 atom stereocenters. The van der Waals surface area contributed by atoms with Gasteiger partial charge in [-0.2, -0.15) is 0 Å². The predicted molar refractivity (Wildman–Crippen MR) is 78.3 cm³/mol. The van der Waals surface area contributed by atoms with Crippen LogP contribution in [0.4, 0.5) is 11.5 Å². The fraction of sp³-hybridized carbons (Fsp3) is 0.0833. The van der Waals surface area contributed by atoms with Crippen molar-refractivity contribution in [3.05, 3.63) is 46.6 Å². The van der Waals surface area contributed by atoms with E-state index in [1.807, 2.05) is 13.0 Å². The Balaban J connectivity index is 2.36. The van der Waals surface area contributed by atoms with Crippen molar-refractivity contribution < 1.29 is 8.42 Å². The third-order valence-electron chi connectivity index (χ3n) is 2.39. The van der Waals surface area contributed by atoms with Gasteiger partial charge >= 0.3 is 0 Å². The summed E-state index contributed by atoms with van der Waals surface area (Å²) in [4.78, 5) is 4.14. The first-order chi connectivity index (χ1) is 8.88. The number of aromatic nitrogens is 1. The number of nitrogen functional groups attached to an aromatic ring is 1. The lowest BCUT2D eigenvalue weighted by atomic mass is 10.2.